The Morgan fingerprint density at radius 1 is 1.07 bits per heavy atom. The van der Waals surface area contributed by atoms with Crippen LogP contribution in [0, 0.1) is 6.92 Å². The van der Waals surface area contributed by atoms with Crippen LogP contribution in [0.5, 0.6) is 0 Å². The van der Waals surface area contributed by atoms with Gasteiger partial charge in [-0.1, -0.05) is 66.8 Å². The molecule has 0 bridgehead atoms. The second kappa shape index (κ2) is 8.51. The van der Waals surface area contributed by atoms with Crippen LogP contribution in [0.15, 0.2) is 65.8 Å². The van der Waals surface area contributed by atoms with Crippen molar-refractivity contribution in [3.05, 3.63) is 77.6 Å². The van der Waals surface area contributed by atoms with E-state index in [1.54, 1.807) is 0 Å². The van der Waals surface area contributed by atoms with E-state index in [-0.39, 0.29) is 0 Å². The van der Waals surface area contributed by atoms with Crippen molar-refractivity contribution < 1.29 is 0 Å². The lowest BCUT2D eigenvalue weighted by Gasteiger charge is -2.07. The molecule has 27 heavy (non-hydrogen) atoms. The maximum Gasteiger partial charge on any atom is 0.150 e. The van der Waals surface area contributed by atoms with Crippen LogP contribution in [-0.2, 0) is 6.42 Å². The predicted molar refractivity (Wildman–Crippen MR) is 115 cm³/mol. The molecule has 0 atom stereocenters. The second-order valence-corrected chi connectivity index (χ2v) is 6.73. The SMILES string of the molecule is C/C(=N\Nc1cc(-c2ccccc2)nc(C)n1)c1ccc(CC(N)=S)cc1. The van der Waals surface area contributed by atoms with Crippen molar-refractivity contribution in [2.75, 3.05) is 5.43 Å². The molecule has 0 radical (unpaired) electrons. The molecule has 1 aromatic heterocycles. The number of aromatic nitrogens is 2. The average molecular weight is 376 g/mol. The molecule has 0 aliphatic heterocycles. The Morgan fingerprint density at radius 2 is 1.78 bits per heavy atom. The number of nitrogens with zero attached hydrogens (tertiary/aromatic N) is 3. The second-order valence-electron chi connectivity index (χ2n) is 6.20. The molecule has 3 aromatic rings. The van der Waals surface area contributed by atoms with Crippen LogP contribution >= 0.6 is 12.2 Å². The lowest BCUT2D eigenvalue weighted by molar-refractivity contribution is 1.05. The van der Waals surface area contributed by atoms with Gasteiger partial charge in [-0.05, 0) is 25.0 Å². The third kappa shape index (κ3) is 5.18. The lowest BCUT2D eigenvalue weighted by atomic mass is 10.1. The van der Waals surface area contributed by atoms with Crippen molar-refractivity contribution in [1.29, 1.82) is 0 Å². The number of hydrogen-bond donors (Lipinski definition) is 2. The summed E-state index contributed by atoms with van der Waals surface area (Å²) in [5, 5.41) is 4.46. The van der Waals surface area contributed by atoms with Gasteiger partial charge in [0.05, 0.1) is 16.4 Å². The van der Waals surface area contributed by atoms with Gasteiger partial charge in [-0.3, -0.25) is 5.43 Å². The maximum absolute atomic E-state index is 5.59. The Morgan fingerprint density at radius 3 is 2.44 bits per heavy atom. The Hall–Kier alpha value is -3.12. The number of anilines is 1. The van der Waals surface area contributed by atoms with Crippen molar-refractivity contribution in [1.82, 2.24) is 9.97 Å². The summed E-state index contributed by atoms with van der Waals surface area (Å²) in [5.41, 5.74) is 13.5. The third-order valence-corrected chi connectivity index (χ3v) is 4.14. The van der Waals surface area contributed by atoms with Crippen molar-refractivity contribution >= 4 is 28.7 Å². The van der Waals surface area contributed by atoms with Crippen LogP contribution in [0.1, 0.15) is 23.9 Å². The minimum absolute atomic E-state index is 0.489. The number of rotatable bonds is 6. The van der Waals surface area contributed by atoms with Gasteiger partial charge in [-0.2, -0.15) is 5.10 Å². The highest BCUT2D eigenvalue weighted by Gasteiger charge is 2.05. The van der Waals surface area contributed by atoms with Crippen LogP contribution < -0.4 is 11.2 Å². The molecule has 5 nitrogen and oxygen atoms in total. The van der Waals surface area contributed by atoms with E-state index < -0.39 is 0 Å². The van der Waals surface area contributed by atoms with E-state index in [0.29, 0.717) is 23.1 Å². The first-order chi connectivity index (χ1) is 13.0. The van der Waals surface area contributed by atoms with Gasteiger partial charge in [0.25, 0.3) is 0 Å². The molecule has 0 saturated heterocycles. The molecule has 0 amide bonds. The van der Waals surface area contributed by atoms with E-state index in [0.717, 1.165) is 28.1 Å². The van der Waals surface area contributed by atoms with Gasteiger partial charge in [0.15, 0.2) is 0 Å². The summed E-state index contributed by atoms with van der Waals surface area (Å²) < 4.78 is 0. The number of nitrogens with one attached hydrogen (secondary N) is 1. The first-order valence-electron chi connectivity index (χ1n) is 8.60. The standard InChI is InChI=1S/C21H21N5S/c1-14(17-10-8-16(9-11-17)12-20(22)27)25-26-21-13-19(23-15(2)24-21)18-6-4-3-5-7-18/h3-11,13H,12H2,1-2H3,(H2,22,27)(H,23,24,26)/b25-14+. The van der Waals surface area contributed by atoms with Gasteiger partial charge in [0, 0.05) is 18.1 Å². The molecule has 0 fully saturated rings. The summed E-state index contributed by atoms with van der Waals surface area (Å²) in [4.78, 5) is 9.41. The fraction of sp³-hybridized carbons (Fsp3) is 0.143. The van der Waals surface area contributed by atoms with Gasteiger partial charge >= 0.3 is 0 Å². The monoisotopic (exact) mass is 375 g/mol. The van der Waals surface area contributed by atoms with Crippen molar-refractivity contribution in [3.8, 4) is 11.3 Å². The zero-order valence-electron chi connectivity index (χ0n) is 15.3. The summed E-state index contributed by atoms with van der Waals surface area (Å²) in [7, 11) is 0. The van der Waals surface area contributed by atoms with Crippen LogP contribution in [0.25, 0.3) is 11.3 Å². The zero-order chi connectivity index (χ0) is 19.2. The van der Waals surface area contributed by atoms with Gasteiger partial charge in [0.2, 0.25) is 0 Å². The van der Waals surface area contributed by atoms with E-state index >= 15 is 0 Å². The molecule has 0 saturated carbocycles. The summed E-state index contributed by atoms with van der Waals surface area (Å²) in [6.45, 7) is 3.82. The Bertz CT molecular complexity index is 966. The van der Waals surface area contributed by atoms with Crippen molar-refractivity contribution in [2.45, 2.75) is 20.3 Å². The molecule has 1 heterocycles. The molecular weight excluding hydrogens is 354 g/mol. The summed E-state index contributed by atoms with van der Waals surface area (Å²) in [5.74, 6) is 1.35. The number of thiocarbonyl (C=S) groups is 1. The summed E-state index contributed by atoms with van der Waals surface area (Å²) in [6.07, 6.45) is 0.604. The Labute approximate surface area is 164 Å². The van der Waals surface area contributed by atoms with Crippen LogP contribution in [0.2, 0.25) is 0 Å². The molecule has 136 valence electrons. The normalized spacial score (nSPS) is 11.3. The van der Waals surface area contributed by atoms with Crippen LogP contribution in [-0.4, -0.2) is 20.7 Å². The van der Waals surface area contributed by atoms with E-state index in [9.17, 15) is 0 Å². The number of nitrogens with two attached hydrogens (primary N) is 1. The highest BCUT2D eigenvalue weighted by molar-refractivity contribution is 7.80. The molecule has 3 N–H and O–H groups in total. The average Bonchev–Trinajstić information content (AvgIpc) is 2.66. The fourth-order valence-electron chi connectivity index (χ4n) is 2.65. The molecule has 0 unspecified atom stereocenters. The van der Waals surface area contributed by atoms with E-state index in [4.69, 9.17) is 18.0 Å². The van der Waals surface area contributed by atoms with Crippen LogP contribution in [0.4, 0.5) is 5.82 Å². The fourth-order valence-corrected chi connectivity index (χ4v) is 2.82. The van der Waals surface area contributed by atoms with E-state index in [1.165, 1.54) is 0 Å². The minimum Gasteiger partial charge on any atom is -0.393 e. The molecule has 3 rings (SSSR count). The molecule has 0 aliphatic rings. The molecule has 0 aliphatic carbocycles. The minimum atomic E-state index is 0.489. The van der Waals surface area contributed by atoms with Crippen molar-refractivity contribution in [3.63, 3.8) is 0 Å². The van der Waals surface area contributed by atoms with Gasteiger partial charge in [-0.15, -0.1) is 0 Å². The van der Waals surface area contributed by atoms with Gasteiger partial charge in [-0.25, -0.2) is 9.97 Å². The summed E-state index contributed by atoms with van der Waals surface area (Å²) >= 11 is 4.95. The third-order valence-electron chi connectivity index (χ3n) is 4.00. The summed E-state index contributed by atoms with van der Waals surface area (Å²) in [6, 6.07) is 19.9. The molecular formula is C21H21N5S. The first-order valence-corrected chi connectivity index (χ1v) is 9.01. The number of hydrazone groups is 1. The quantitative estimate of drug-likeness (QED) is 0.385. The number of hydrogen-bond acceptors (Lipinski definition) is 5. The smallest absolute Gasteiger partial charge is 0.150 e. The number of aryl methyl sites for hydroxylation is 1. The lowest BCUT2D eigenvalue weighted by Crippen LogP contribution is -2.11. The zero-order valence-corrected chi connectivity index (χ0v) is 16.1. The first kappa shape index (κ1) is 18.7. The largest absolute Gasteiger partial charge is 0.393 e. The van der Waals surface area contributed by atoms with Gasteiger partial charge < -0.3 is 5.73 Å². The molecule has 6 heteroatoms. The Balaban J connectivity index is 1.77. The van der Waals surface area contributed by atoms with Crippen molar-refractivity contribution in [2.24, 2.45) is 10.8 Å². The highest BCUT2D eigenvalue weighted by atomic mass is 32.1. The number of benzene rings is 2. The van der Waals surface area contributed by atoms with Crippen LogP contribution in [0.3, 0.4) is 0 Å². The maximum atomic E-state index is 5.59. The van der Waals surface area contributed by atoms with E-state index in [1.807, 2.05) is 74.5 Å². The van der Waals surface area contributed by atoms with Gasteiger partial charge in [0.1, 0.15) is 11.6 Å². The highest BCUT2D eigenvalue weighted by Crippen LogP contribution is 2.19. The van der Waals surface area contributed by atoms with E-state index in [2.05, 4.69) is 20.5 Å². The Kier molecular flexibility index (Phi) is 5.88. The molecule has 2 aromatic carbocycles. The molecule has 0 spiro atoms. The predicted octanol–water partition coefficient (Wildman–Crippen LogP) is 4.12. The topological polar surface area (TPSA) is 76.2 Å².